The molecule has 1 atom stereocenters. The highest BCUT2D eigenvalue weighted by Gasteiger charge is 2.35. The lowest BCUT2D eigenvalue weighted by Gasteiger charge is -2.15. The first-order valence-electron chi connectivity index (χ1n) is 7.70. The number of ether oxygens (including phenoxy) is 1. The number of hydrogen-bond donors (Lipinski definition) is 4. The Balaban J connectivity index is 2.34. The fourth-order valence-corrected chi connectivity index (χ4v) is 2.28. The maximum Gasteiger partial charge on any atom is 0.421 e. The van der Waals surface area contributed by atoms with Gasteiger partial charge in [-0.1, -0.05) is 6.07 Å². The number of hydrogen-bond acceptors (Lipinski definition) is 7. The molecule has 11 heteroatoms. The van der Waals surface area contributed by atoms with Crippen LogP contribution in [0.1, 0.15) is 11.1 Å². The van der Waals surface area contributed by atoms with Crippen LogP contribution in [-0.2, 0) is 17.4 Å². The molecule has 1 heterocycles. The number of carboxylic acid groups (broad SMARTS) is 1. The fraction of sp³-hybridized carbons (Fsp3) is 0.312. The van der Waals surface area contributed by atoms with Crippen LogP contribution < -0.4 is 21.1 Å². The second-order valence-electron chi connectivity index (χ2n) is 5.51. The number of benzene rings is 1. The van der Waals surface area contributed by atoms with Crippen LogP contribution >= 0.6 is 0 Å². The molecule has 0 amide bonds. The number of aliphatic carboxylic acids is 1. The first-order chi connectivity index (χ1) is 12.7. The Bertz CT molecular complexity index is 829. The monoisotopic (exact) mass is 385 g/mol. The van der Waals surface area contributed by atoms with E-state index in [1.807, 2.05) is 0 Å². The summed E-state index contributed by atoms with van der Waals surface area (Å²) in [5.74, 6) is -1.25. The zero-order valence-corrected chi connectivity index (χ0v) is 14.5. The minimum Gasteiger partial charge on any atom is -0.495 e. The SMILES string of the molecule is CNc1nc(Nc2cc(CC(N)C(=O)O)ccc2OC)ncc1C(F)(F)F. The van der Waals surface area contributed by atoms with Crippen molar-refractivity contribution in [3.05, 3.63) is 35.5 Å². The third-order valence-electron chi connectivity index (χ3n) is 3.61. The molecule has 27 heavy (non-hydrogen) atoms. The van der Waals surface area contributed by atoms with Crippen molar-refractivity contribution in [2.75, 3.05) is 24.8 Å². The molecule has 0 spiro atoms. The molecule has 2 rings (SSSR count). The summed E-state index contributed by atoms with van der Waals surface area (Å²) in [7, 11) is 2.73. The third-order valence-corrected chi connectivity index (χ3v) is 3.61. The number of alkyl halides is 3. The van der Waals surface area contributed by atoms with Crippen molar-refractivity contribution in [2.45, 2.75) is 18.6 Å². The highest BCUT2D eigenvalue weighted by atomic mass is 19.4. The number of nitrogens with zero attached hydrogens (tertiary/aromatic N) is 2. The molecule has 146 valence electrons. The summed E-state index contributed by atoms with van der Waals surface area (Å²) in [5, 5.41) is 14.1. The van der Waals surface area contributed by atoms with Crippen molar-refractivity contribution in [1.29, 1.82) is 0 Å². The van der Waals surface area contributed by atoms with Gasteiger partial charge in [0, 0.05) is 13.2 Å². The zero-order chi connectivity index (χ0) is 20.2. The first kappa shape index (κ1) is 20.2. The normalized spacial score (nSPS) is 12.4. The summed E-state index contributed by atoms with van der Waals surface area (Å²) in [5.41, 5.74) is 5.48. The lowest BCUT2D eigenvalue weighted by molar-refractivity contribution is -0.139. The van der Waals surface area contributed by atoms with Gasteiger partial charge in [-0.15, -0.1) is 0 Å². The van der Waals surface area contributed by atoms with Crippen LogP contribution in [0.15, 0.2) is 24.4 Å². The second kappa shape index (κ2) is 8.08. The average Bonchev–Trinajstić information content (AvgIpc) is 2.60. The van der Waals surface area contributed by atoms with Crippen LogP contribution in [0.5, 0.6) is 5.75 Å². The zero-order valence-electron chi connectivity index (χ0n) is 14.5. The van der Waals surface area contributed by atoms with Crippen molar-refractivity contribution in [1.82, 2.24) is 9.97 Å². The molecule has 0 aliphatic rings. The van der Waals surface area contributed by atoms with E-state index in [0.717, 1.165) is 0 Å². The molecule has 8 nitrogen and oxygen atoms in total. The van der Waals surface area contributed by atoms with Crippen molar-refractivity contribution in [2.24, 2.45) is 5.73 Å². The largest absolute Gasteiger partial charge is 0.495 e. The van der Waals surface area contributed by atoms with Gasteiger partial charge >= 0.3 is 12.1 Å². The third kappa shape index (κ3) is 4.97. The molecule has 0 saturated heterocycles. The summed E-state index contributed by atoms with van der Waals surface area (Å²) in [4.78, 5) is 18.4. The molecular formula is C16H18F3N5O3. The minimum atomic E-state index is -4.60. The van der Waals surface area contributed by atoms with Gasteiger partial charge in [0.1, 0.15) is 23.2 Å². The molecule has 0 bridgehead atoms. The molecule has 2 aromatic rings. The van der Waals surface area contributed by atoms with Gasteiger partial charge in [0.05, 0.1) is 12.8 Å². The van der Waals surface area contributed by atoms with Crippen molar-refractivity contribution >= 4 is 23.4 Å². The summed E-state index contributed by atoms with van der Waals surface area (Å²) < 4.78 is 44.0. The lowest BCUT2D eigenvalue weighted by atomic mass is 10.1. The van der Waals surface area contributed by atoms with E-state index in [-0.39, 0.29) is 18.2 Å². The predicted molar refractivity (Wildman–Crippen MR) is 92.2 cm³/mol. The van der Waals surface area contributed by atoms with E-state index >= 15 is 0 Å². The van der Waals surface area contributed by atoms with Gasteiger partial charge in [-0.25, -0.2) is 4.98 Å². The van der Waals surface area contributed by atoms with Gasteiger partial charge in [-0.05, 0) is 24.1 Å². The van der Waals surface area contributed by atoms with Crippen LogP contribution in [-0.4, -0.2) is 41.2 Å². The maximum atomic E-state index is 12.9. The quantitative estimate of drug-likeness (QED) is 0.572. The van der Waals surface area contributed by atoms with Crippen LogP contribution in [0, 0.1) is 0 Å². The topological polar surface area (TPSA) is 122 Å². The number of halogens is 3. The summed E-state index contributed by atoms with van der Waals surface area (Å²) >= 11 is 0. The molecule has 5 N–H and O–H groups in total. The molecule has 1 aromatic heterocycles. The first-order valence-corrected chi connectivity index (χ1v) is 7.70. The maximum absolute atomic E-state index is 12.9. The van der Waals surface area contributed by atoms with E-state index in [2.05, 4.69) is 20.6 Å². The van der Waals surface area contributed by atoms with E-state index in [1.165, 1.54) is 14.2 Å². The smallest absolute Gasteiger partial charge is 0.421 e. The highest BCUT2D eigenvalue weighted by molar-refractivity contribution is 5.74. The number of carboxylic acids is 1. The molecule has 0 saturated carbocycles. The number of nitrogens with two attached hydrogens (primary N) is 1. The van der Waals surface area contributed by atoms with Gasteiger partial charge in [0.25, 0.3) is 0 Å². The number of carbonyl (C=O) groups is 1. The Morgan fingerprint density at radius 3 is 2.67 bits per heavy atom. The van der Waals surface area contributed by atoms with Crippen molar-refractivity contribution < 1.29 is 27.8 Å². The molecular weight excluding hydrogens is 367 g/mol. The lowest BCUT2D eigenvalue weighted by Crippen LogP contribution is -2.32. The molecule has 0 aliphatic heterocycles. The number of anilines is 3. The predicted octanol–water partition coefficient (Wildman–Crippen LogP) is 2.24. The van der Waals surface area contributed by atoms with E-state index in [4.69, 9.17) is 15.6 Å². The summed E-state index contributed by atoms with van der Waals surface area (Å²) in [6, 6.07) is 3.70. The Kier molecular flexibility index (Phi) is 6.05. The Hall–Kier alpha value is -3.08. The number of rotatable bonds is 7. The highest BCUT2D eigenvalue weighted by Crippen LogP contribution is 2.34. The molecule has 0 fully saturated rings. The van der Waals surface area contributed by atoms with Crippen molar-refractivity contribution in [3.63, 3.8) is 0 Å². The van der Waals surface area contributed by atoms with Crippen LogP contribution in [0.25, 0.3) is 0 Å². The van der Waals surface area contributed by atoms with E-state index in [9.17, 15) is 18.0 Å². The fourth-order valence-electron chi connectivity index (χ4n) is 2.28. The number of nitrogens with one attached hydrogen (secondary N) is 2. The average molecular weight is 385 g/mol. The van der Waals surface area contributed by atoms with Crippen LogP contribution in [0.4, 0.5) is 30.6 Å². The molecule has 1 aromatic carbocycles. The Morgan fingerprint density at radius 1 is 1.41 bits per heavy atom. The number of methoxy groups -OCH3 is 1. The summed E-state index contributed by atoms with van der Waals surface area (Å²) in [6.07, 6.45) is -3.87. The van der Waals surface area contributed by atoms with Gasteiger partial charge in [-0.2, -0.15) is 18.2 Å². The Labute approximate surface area is 152 Å². The van der Waals surface area contributed by atoms with Gasteiger partial charge in [-0.3, -0.25) is 4.79 Å². The second-order valence-corrected chi connectivity index (χ2v) is 5.51. The number of aromatic nitrogens is 2. The van der Waals surface area contributed by atoms with Gasteiger partial charge in [0.15, 0.2) is 0 Å². The summed E-state index contributed by atoms with van der Waals surface area (Å²) in [6.45, 7) is 0. The molecule has 0 aliphatic carbocycles. The van der Waals surface area contributed by atoms with E-state index < -0.39 is 23.8 Å². The Morgan fingerprint density at radius 2 is 2.11 bits per heavy atom. The van der Waals surface area contributed by atoms with E-state index in [0.29, 0.717) is 23.2 Å². The van der Waals surface area contributed by atoms with Crippen LogP contribution in [0.3, 0.4) is 0 Å². The minimum absolute atomic E-state index is 0.0592. The molecule has 0 radical (unpaired) electrons. The van der Waals surface area contributed by atoms with Crippen LogP contribution in [0.2, 0.25) is 0 Å². The van der Waals surface area contributed by atoms with E-state index in [1.54, 1.807) is 18.2 Å². The standard InChI is InChI=1S/C16H18F3N5O3/c1-21-13-9(16(17,18)19)7-22-15(24-13)23-11-6-8(3-4-12(11)27-2)5-10(20)14(25)26/h3-4,6-7,10H,5,20H2,1-2H3,(H,25,26)(H2,21,22,23,24). The van der Waals surface area contributed by atoms with Crippen molar-refractivity contribution in [3.8, 4) is 5.75 Å². The molecule has 1 unspecified atom stereocenters. The van der Waals surface area contributed by atoms with Gasteiger partial charge < -0.3 is 26.2 Å². The van der Waals surface area contributed by atoms with Gasteiger partial charge in [0.2, 0.25) is 5.95 Å².